The number of hydrogen-bond donors (Lipinski definition) is 4. The number of fused-ring (bicyclic) bond motifs is 1. The zero-order valence-electron chi connectivity index (χ0n) is 15.5. The van der Waals surface area contributed by atoms with Crippen LogP contribution in [0.25, 0.3) is 22.4 Å². The Labute approximate surface area is 170 Å². The number of aliphatic carboxylic acids is 1. The molecular formula is C19H19ClFN5O3. The fraction of sp³-hybridized carbons (Fsp3) is 0.368. The molecule has 1 saturated carbocycles. The predicted molar refractivity (Wildman–Crippen MR) is 105 cm³/mol. The minimum Gasteiger partial charge on any atom is -0.481 e. The first-order valence-electron chi connectivity index (χ1n) is 9.13. The van der Waals surface area contributed by atoms with Gasteiger partial charge in [0, 0.05) is 23.3 Å². The van der Waals surface area contributed by atoms with Crippen molar-refractivity contribution in [2.45, 2.75) is 38.3 Å². The highest BCUT2D eigenvalue weighted by Crippen LogP contribution is 2.38. The highest BCUT2D eigenvalue weighted by Gasteiger charge is 2.47. The second-order valence-corrected chi connectivity index (χ2v) is 7.89. The number of carboxylic acids is 1. The molecule has 0 amide bonds. The smallest absolute Gasteiger partial charge is 0.312 e. The molecule has 3 aromatic rings. The third kappa shape index (κ3) is 3.40. The lowest BCUT2D eigenvalue weighted by Crippen LogP contribution is -2.52. The summed E-state index contributed by atoms with van der Waals surface area (Å²) in [6.45, 7) is 1.50. The van der Waals surface area contributed by atoms with Crippen molar-refractivity contribution in [2.75, 3.05) is 5.32 Å². The maximum absolute atomic E-state index is 14.4. The number of aliphatic hydroxyl groups excluding tert-OH is 1. The van der Waals surface area contributed by atoms with E-state index in [-0.39, 0.29) is 11.6 Å². The lowest BCUT2D eigenvalue weighted by Gasteiger charge is -2.40. The van der Waals surface area contributed by atoms with Gasteiger partial charge in [-0.05, 0) is 25.8 Å². The standard InChI is InChI=1S/C19H19ClFN5O3/c1-19(18(28)29)4-2-3-13(14(19)27)25-17-12(21)8-24-16(26-17)11-7-23-15-10(11)5-9(20)6-22-15/h5-8,13-14,27H,2-4H2,1H3,(H,22,23)(H,28,29)(H,24,25,26)/t13-,14+,19-/m1/s1. The molecule has 0 spiro atoms. The lowest BCUT2D eigenvalue weighted by molar-refractivity contribution is -0.158. The average Bonchev–Trinajstić information content (AvgIpc) is 3.10. The van der Waals surface area contributed by atoms with E-state index in [2.05, 4.69) is 25.3 Å². The van der Waals surface area contributed by atoms with Crippen LogP contribution in [0, 0.1) is 11.2 Å². The van der Waals surface area contributed by atoms with E-state index in [1.54, 1.807) is 12.3 Å². The normalized spacial score (nSPS) is 24.6. The average molecular weight is 420 g/mol. The fourth-order valence-corrected chi connectivity index (χ4v) is 3.92. The molecule has 8 nitrogen and oxygen atoms in total. The molecule has 1 fully saturated rings. The van der Waals surface area contributed by atoms with E-state index in [0.717, 1.165) is 6.20 Å². The number of anilines is 1. The third-order valence-corrected chi connectivity index (χ3v) is 5.75. The number of rotatable bonds is 4. The van der Waals surface area contributed by atoms with E-state index in [1.807, 2.05) is 0 Å². The van der Waals surface area contributed by atoms with Gasteiger partial charge in [0.05, 0.1) is 28.8 Å². The summed E-state index contributed by atoms with van der Waals surface area (Å²) in [6, 6.07) is 1.06. The first kappa shape index (κ1) is 19.5. The van der Waals surface area contributed by atoms with E-state index in [0.29, 0.717) is 40.9 Å². The van der Waals surface area contributed by atoms with Crippen LogP contribution in [0.5, 0.6) is 0 Å². The van der Waals surface area contributed by atoms with Crippen LogP contribution in [-0.4, -0.2) is 48.3 Å². The summed E-state index contributed by atoms with van der Waals surface area (Å²) < 4.78 is 14.4. The van der Waals surface area contributed by atoms with Gasteiger partial charge in [0.1, 0.15) is 5.65 Å². The van der Waals surface area contributed by atoms with Crippen LogP contribution < -0.4 is 5.32 Å². The van der Waals surface area contributed by atoms with Gasteiger partial charge in [-0.3, -0.25) is 4.79 Å². The Bertz CT molecular complexity index is 1090. The summed E-state index contributed by atoms with van der Waals surface area (Å²) in [5, 5.41) is 24.1. The predicted octanol–water partition coefficient (Wildman–Crippen LogP) is 3.23. The second-order valence-electron chi connectivity index (χ2n) is 7.45. The van der Waals surface area contributed by atoms with Gasteiger partial charge in [-0.15, -0.1) is 0 Å². The maximum atomic E-state index is 14.4. The third-order valence-electron chi connectivity index (χ3n) is 5.54. The Balaban J connectivity index is 1.67. The van der Waals surface area contributed by atoms with E-state index < -0.39 is 29.3 Å². The molecule has 1 aliphatic carbocycles. The maximum Gasteiger partial charge on any atom is 0.312 e. The number of carboxylic acid groups (broad SMARTS) is 1. The minimum atomic E-state index is -1.30. The Kier molecular flexibility index (Phi) is 4.87. The summed E-state index contributed by atoms with van der Waals surface area (Å²) in [5.74, 6) is -1.63. The van der Waals surface area contributed by atoms with Crippen molar-refractivity contribution in [1.29, 1.82) is 0 Å². The molecule has 3 atom stereocenters. The molecule has 0 aromatic carbocycles. The molecule has 0 radical (unpaired) electrons. The van der Waals surface area contributed by atoms with Crippen molar-refractivity contribution >= 4 is 34.4 Å². The Hall–Kier alpha value is -2.78. The summed E-state index contributed by atoms with van der Waals surface area (Å²) in [5.41, 5.74) is -0.119. The lowest BCUT2D eigenvalue weighted by atomic mass is 9.71. The van der Waals surface area contributed by atoms with Crippen molar-refractivity contribution in [2.24, 2.45) is 5.41 Å². The van der Waals surface area contributed by atoms with Gasteiger partial charge in [0.2, 0.25) is 0 Å². The number of carbonyl (C=O) groups is 1. The number of aromatic nitrogens is 4. The Morgan fingerprint density at radius 2 is 2.21 bits per heavy atom. The fourth-order valence-electron chi connectivity index (χ4n) is 3.76. The summed E-state index contributed by atoms with van der Waals surface area (Å²) >= 11 is 6.02. The highest BCUT2D eigenvalue weighted by molar-refractivity contribution is 6.31. The number of nitrogens with one attached hydrogen (secondary N) is 2. The number of aromatic amines is 1. The number of H-pyrrole nitrogens is 1. The Morgan fingerprint density at radius 3 is 2.97 bits per heavy atom. The van der Waals surface area contributed by atoms with Gasteiger partial charge in [-0.2, -0.15) is 0 Å². The molecule has 29 heavy (non-hydrogen) atoms. The van der Waals surface area contributed by atoms with Gasteiger partial charge in [-0.25, -0.2) is 19.3 Å². The van der Waals surface area contributed by atoms with Crippen molar-refractivity contribution < 1.29 is 19.4 Å². The van der Waals surface area contributed by atoms with Crippen LogP contribution >= 0.6 is 11.6 Å². The molecular weight excluding hydrogens is 401 g/mol. The highest BCUT2D eigenvalue weighted by atomic mass is 35.5. The van der Waals surface area contributed by atoms with E-state index in [4.69, 9.17) is 11.6 Å². The number of halogens is 2. The molecule has 4 rings (SSSR count). The number of pyridine rings is 1. The largest absolute Gasteiger partial charge is 0.481 e. The van der Waals surface area contributed by atoms with Crippen molar-refractivity contribution in [3.05, 3.63) is 35.5 Å². The first-order chi connectivity index (χ1) is 13.8. The second kappa shape index (κ2) is 7.23. The number of aliphatic hydroxyl groups is 1. The number of nitrogens with zero attached hydrogens (tertiary/aromatic N) is 3. The molecule has 0 aliphatic heterocycles. The van der Waals surface area contributed by atoms with Crippen LogP contribution in [0.1, 0.15) is 26.2 Å². The molecule has 0 saturated heterocycles. The SMILES string of the molecule is C[C@@]1(C(=O)O)CCC[C@@H](Nc2nc(-c3c[nH]c4ncc(Cl)cc34)ncc2F)[C@@H]1O. The molecule has 4 N–H and O–H groups in total. The van der Waals surface area contributed by atoms with E-state index in [1.165, 1.54) is 13.1 Å². The van der Waals surface area contributed by atoms with Crippen molar-refractivity contribution in [3.8, 4) is 11.4 Å². The summed E-state index contributed by atoms with van der Waals surface area (Å²) in [7, 11) is 0. The van der Waals surface area contributed by atoms with Gasteiger partial charge < -0.3 is 20.5 Å². The van der Waals surface area contributed by atoms with Crippen molar-refractivity contribution in [1.82, 2.24) is 19.9 Å². The van der Waals surface area contributed by atoms with E-state index >= 15 is 0 Å². The van der Waals surface area contributed by atoms with Crippen LogP contribution in [0.3, 0.4) is 0 Å². The Morgan fingerprint density at radius 1 is 1.41 bits per heavy atom. The van der Waals surface area contributed by atoms with Crippen LogP contribution in [-0.2, 0) is 4.79 Å². The zero-order chi connectivity index (χ0) is 20.8. The monoisotopic (exact) mass is 419 g/mol. The molecule has 10 heteroatoms. The van der Waals surface area contributed by atoms with Gasteiger partial charge in [0.15, 0.2) is 17.5 Å². The number of hydrogen-bond acceptors (Lipinski definition) is 6. The van der Waals surface area contributed by atoms with Crippen LogP contribution in [0.2, 0.25) is 5.02 Å². The summed E-state index contributed by atoms with van der Waals surface area (Å²) in [6.07, 6.45) is 4.44. The molecule has 1 aliphatic rings. The van der Waals surface area contributed by atoms with Crippen LogP contribution in [0.4, 0.5) is 10.2 Å². The van der Waals surface area contributed by atoms with E-state index in [9.17, 15) is 19.4 Å². The topological polar surface area (TPSA) is 124 Å². The van der Waals surface area contributed by atoms with Gasteiger partial charge >= 0.3 is 5.97 Å². The molecule has 3 aromatic heterocycles. The van der Waals surface area contributed by atoms with Crippen LogP contribution in [0.15, 0.2) is 24.7 Å². The van der Waals surface area contributed by atoms with Gasteiger partial charge in [0.25, 0.3) is 0 Å². The first-order valence-corrected chi connectivity index (χ1v) is 9.51. The van der Waals surface area contributed by atoms with Gasteiger partial charge in [-0.1, -0.05) is 18.0 Å². The molecule has 0 unspecified atom stereocenters. The molecule has 152 valence electrons. The molecule has 0 bridgehead atoms. The quantitative estimate of drug-likeness (QED) is 0.511. The summed E-state index contributed by atoms with van der Waals surface area (Å²) in [4.78, 5) is 27.1. The minimum absolute atomic E-state index is 0.0990. The zero-order valence-corrected chi connectivity index (χ0v) is 16.2. The molecule has 3 heterocycles. The van der Waals surface area contributed by atoms with Crippen molar-refractivity contribution in [3.63, 3.8) is 0 Å².